The van der Waals surface area contributed by atoms with E-state index >= 15 is 0 Å². The van der Waals surface area contributed by atoms with Crippen LogP contribution in [0, 0.1) is 0 Å². The van der Waals surface area contributed by atoms with Crippen LogP contribution in [0.2, 0.25) is 0 Å². The molecule has 0 saturated carbocycles. The van der Waals surface area contributed by atoms with Crippen molar-refractivity contribution >= 4 is 22.2 Å². The first-order chi connectivity index (χ1) is 16.7. The number of nitrogens with one attached hydrogen (secondary N) is 1. The topological polar surface area (TPSA) is 60.7 Å². The van der Waals surface area contributed by atoms with Crippen LogP contribution >= 0.6 is 0 Å². The molecule has 3 aromatic carbocycles. The van der Waals surface area contributed by atoms with Gasteiger partial charge >= 0.3 is 0 Å². The molecule has 1 aliphatic carbocycles. The Balaban J connectivity index is 1.58. The Kier molecular flexibility index (Phi) is 4.91. The van der Waals surface area contributed by atoms with Crippen LogP contribution in [-0.4, -0.2) is 20.0 Å². The summed E-state index contributed by atoms with van der Waals surface area (Å²) in [5.74, 6) is 2.14. The maximum atomic E-state index is 13.7. The Bertz CT molecular complexity index is 1430. The smallest absolute Gasteiger partial charge is 0.162 e. The molecule has 0 fully saturated rings. The van der Waals surface area contributed by atoms with Gasteiger partial charge in [0.25, 0.3) is 0 Å². The fraction of sp³-hybridized carbons (Fsp3) is 0.207. The molecule has 1 aliphatic heterocycles. The summed E-state index contributed by atoms with van der Waals surface area (Å²) in [6.45, 7) is 0. The number of carbonyl (C=O) groups is 1. The van der Waals surface area contributed by atoms with E-state index in [1.54, 1.807) is 20.5 Å². The Labute approximate surface area is 198 Å². The van der Waals surface area contributed by atoms with Crippen molar-refractivity contribution in [3.8, 4) is 11.5 Å². The van der Waals surface area contributed by atoms with Gasteiger partial charge in [-0.2, -0.15) is 0 Å². The van der Waals surface area contributed by atoms with Crippen LogP contribution < -0.4 is 14.8 Å². The van der Waals surface area contributed by atoms with E-state index in [9.17, 15) is 4.79 Å². The Hall–Kier alpha value is -3.99. The van der Waals surface area contributed by atoms with Crippen molar-refractivity contribution in [1.82, 2.24) is 0 Å². The second-order valence-corrected chi connectivity index (χ2v) is 8.86. The molecule has 4 aromatic rings. The second kappa shape index (κ2) is 8.10. The molecule has 2 aliphatic rings. The van der Waals surface area contributed by atoms with Crippen LogP contribution in [0.15, 0.2) is 88.7 Å². The van der Waals surface area contributed by atoms with E-state index in [0.717, 1.165) is 51.0 Å². The zero-order valence-electron chi connectivity index (χ0n) is 19.1. The van der Waals surface area contributed by atoms with Crippen molar-refractivity contribution in [3.63, 3.8) is 0 Å². The molecule has 0 amide bonds. The van der Waals surface area contributed by atoms with Crippen molar-refractivity contribution < 1.29 is 18.7 Å². The summed E-state index contributed by atoms with van der Waals surface area (Å²) in [5.41, 5.74) is 4.96. The van der Waals surface area contributed by atoms with Crippen molar-refractivity contribution in [3.05, 3.63) is 101 Å². The molecule has 0 bridgehead atoms. The predicted molar refractivity (Wildman–Crippen MR) is 132 cm³/mol. The summed E-state index contributed by atoms with van der Waals surface area (Å²) >= 11 is 0. The van der Waals surface area contributed by atoms with Crippen LogP contribution in [0.1, 0.15) is 41.6 Å². The number of methoxy groups -OCH3 is 2. The minimum absolute atomic E-state index is 0.0295. The summed E-state index contributed by atoms with van der Waals surface area (Å²) in [7, 11) is 3.27. The average Bonchev–Trinajstić information content (AvgIpc) is 3.42. The molecule has 2 heterocycles. The zero-order chi connectivity index (χ0) is 23.2. The summed E-state index contributed by atoms with van der Waals surface area (Å²) in [4.78, 5) is 13.7. The molecule has 0 radical (unpaired) electrons. The standard InChI is InChI=1S/C29H25NO4/c1-32-25-12-10-18(16-26(25)33-2)27-28-20-7-4-3-6-17(20)9-11-21(28)30-22-14-19(15-23(31)29(22)27)24-8-5-13-34-24/h3-13,16,19,27,30H,14-15H2,1-2H3/t19-,27+/m0/s1. The maximum Gasteiger partial charge on any atom is 0.162 e. The van der Waals surface area contributed by atoms with Crippen LogP contribution in [0.4, 0.5) is 5.69 Å². The molecule has 0 spiro atoms. The van der Waals surface area contributed by atoms with Crippen LogP contribution in [-0.2, 0) is 4.79 Å². The number of fused-ring (bicyclic) bond motifs is 3. The highest BCUT2D eigenvalue weighted by molar-refractivity contribution is 6.04. The predicted octanol–water partition coefficient (Wildman–Crippen LogP) is 6.41. The Morgan fingerprint density at radius 2 is 1.76 bits per heavy atom. The molecule has 2 atom stereocenters. The van der Waals surface area contributed by atoms with Crippen molar-refractivity contribution in [2.24, 2.45) is 0 Å². The van der Waals surface area contributed by atoms with Gasteiger partial charge in [-0.1, -0.05) is 36.4 Å². The lowest BCUT2D eigenvalue weighted by Crippen LogP contribution is -2.29. The number of hydrogen-bond acceptors (Lipinski definition) is 5. The van der Waals surface area contributed by atoms with E-state index in [4.69, 9.17) is 13.9 Å². The van der Waals surface area contributed by atoms with Gasteiger partial charge in [0.1, 0.15) is 5.76 Å². The quantitative estimate of drug-likeness (QED) is 0.389. The van der Waals surface area contributed by atoms with Gasteiger partial charge in [-0.3, -0.25) is 4.79 Å². The van der Waals surface area contributed by atoms with Gasteiger partial charge in [0.15, 0.2) is 17.3 Å². The number of allylic oxidation sites excluding steroid dienone is 2. The first kappa shape index (κ1) is 20.6. The minimum atomic E-state index is -0.206. The number of rotatable bonds is 4. The van der Waals surface area contributed by atoms with E-state index < -0.39 is 0 Å². The number of ketones is 1. The normalized spacial score (nSPS) is 19.4. The average molecular weight is 452 g/mol. The number of furan rings is 1. The molecule has 5 heteroatoms. The third kappa shape index (κ3) is 3.19. The van der Waals surface area contributed by atoms with E-state index in [-0.39, 0.29) is 17.6 Å². The summed E-state index contributed by atoms with van der Waals surface area (Å²) in [6, 6.07) is 22.4. The van der Waals surface area contributed by atoms with Gasteiger partial charge < -0.3 is 19.2 Å². The molecule has 0 saturated heterocycles. The van der Waals surface area contributed by atoms with E-state index in [1.165, 1.54) is 0 Å². The monoisotopic (exact) mass is 451 g/mol. The van der Waals surface area contributed by atoms with Crippen molar-refractivity contribution in [2.75, 3.05) is 19.5 Å². The molecule has 1 N–H and O–H groups in total. The lowest BCUT2D eigenvalue weighted by atomic mass is 9.71. The number of ether oxygens (including phenoxy) is 2. The van der Waals surface area contributed by atoms with Gasteiger partial charge in [0.05, 0.1) is 20.5 Å². The van der Waals surface area contributed by atoms with Crippen molar-refractivity contribution in [1.29, 1.82) is 0 Å². The maximum absolute atomic E-state index is 13.7. The third-order valence-electron chi connectivity index (χ3n) is 7.03. The summed E-state index contributed by atoms with van der Waals surface area (Å²) in [6.07, 6.45) is 2.83. The number of Topliss-reactive ketones (excluding diaryl/α,β-unsaturated/α-hetero) is 1. The third-order valence-corrected chi connectivity index (χ3v) is 7.03. The van der Waals surface area contributed by atoms with Crippen LogP contribution in [0.25, 0.3) is 10.8 Å². The van der Waals surface area contributed by atoms with Crippen molar-refractivity contribution in [2.45, 2.75) is 24.7 Å². The Morgan fingerprint density at radius 1 is 0.912 bits per heavy atom. The molecule has 5 nitrogen and oxygen atoms in total. The van der Waals surface area contributed by atoms with Gasteiger partial charge in [-0.05, 0) is 58.7 Å². The van der Waals surface area contributed by atoms with Gasteiger partial charge in [-0.25, -0.2) is 0 Å². The molecule has 0 unspecified atom stereocenters. The second-order valence-electron chi connectivity index (χ2n) is 8.86. The molecule has 1 aromatic heterocycles. The molecule has 170 valence electrons. The highest BCUT2D eigenvalue weighted by atomic mass is 16.5. The molecular formula is C29H25NO4. The number of carbonyl (C=O) groups excluding carboxylic acids is 1. The SMILES string of the molecule is COc1ccc([C@H]2C3=C(C[C@H](c4ccco4)CC3=O)Nc3ccc4ccccc4c32)cc1OC. The highest BCUT2D eigenvalue weighted by Crippen LogP contribution is 2.50. The Morgan fingerprint density at radius 3 is 2.56 bits per heavy atom. The van der Waals surface area contributed by atoms with Crippen LogP contribution in [0.3, 0.4) is 0 Å². The summed E-state index contributed by atoms with van der Waals surface area (Å²) in [5, 5.41) is 5.91. The lowest BCUT2D eigenvalue weighted by Gasteiger charge is -2.37. The van der Waals surface area contributed by atoms with Crippen LogP contribution in [0.5, 0.6) is 11.5 Å². The number of anilines is 1. The van der Waals surface area contributed by atoms with Gasteiger partial charge in [-0.15, -0.1) is 0 Å². The fourth-order valence-electron chi connectivity index (χ4n) is 5.50. The zero-order valence-corrected chi connectivity index (χ0v) is 19.1. The molecule has 34 heavy (non-hydrogen) atoms. The lowest BCUT2D eigenvalue weighted by molar-refractivity contribution is -0.116. The molecule has 6 rings (SSSR count). The van der Waals surface area contributed by atoms with E-state index in [1.807, 2.05) is 42.5 Å². The number of benzene rings is 3. The first-order valence-electron chi connectivity index (χ1n) is 11.5. The van der Waals surface area contributed by atoms with E-state index in [2.05, 4.69) is 29.6 Å². The largest absolute Gasteiger partial charge is 0.493 e. The molecular weight excluding hydrogens is 426 g/mol. The highest BCUT2D eigenvalue weighted by Gasteiger charge is 2.40. The number of hydrogen-bond donors (Lipinski definition) is 1. The van der Waals surface area contributed by atoms with E-state index in [0.29, 0.717) is 17.9 Å². The minimum Gasteiger partial charge on any atom is -0.493 e. The summed E-state index contributed by atoms with van der Waals surface area (Å²) < 4.78 is 16.8. The van der Waals surface area contributed by atoms with Gasteiger partial charge in [0.2, 0.25) is 0 Å². The first-order valence-corrected chi connectivity index (χ1v) is 11.5. The fourth-order valence-corrected chi connectivity index (χ4v) is 5.50. The van der Waals surface area contributed by atoms with Gasteiger partial charge in [0, 0.05) is 35.2 Å².